The summed E-state index contributed by atoms with van der Waals surface area (Å²) in [5.41, 5.74) is 0. The van der Waals surface area contributed by atoms with Gasteiger partial charge in [0, 0.05) is 0 Å². The molecule has 136 valence electrons. The Morgan fingerprint density at radius 2 is 1.04 bits per heavy atom. The minimum absolute atomic E-state index is 0.789. The van der Waals surface area contributed by atoms with Crippen molar-refractivity contribution in [3.05, 3.63) is 91.0 Å². The van der Waals surface area contributed by atoms with Gasteiger partial charge in [0.15, 0.2) is 7.20 Å². The lowest BCUT2D eigenvalue weighted by molar-refractivity contribution is -0.189. The highest BCUT2D eigenvalue weighted by molar-refractivity contribution is 8.15. The fourth-order valence-electron chi connectivity index (χ4n) is 2.81. The number of halogens is 3. The van der Waals surface area contributed by atoms with Gasteiger partial charge in [-0.05, 0) is 36.4 Å². The third-order valence-corrected chi connectivity index (χ3v) is 7.80. The standard InChI is InChI=1S/C20H15BF3O2P/c22-20(23,24)19(25)26-21-27(16-10-4-1-5-11-16,17-12-6-2-7-13-17)18-14-8-3-9-15-18/h1-15H. The molecular weight excluding hydrogens is 371 g/mol. The molecule has 0 fully saturated rings. The first-order chi connectivity index (χ1) is 12.9. The maximum atomic E-state index is 12.7. The lowest BCUT2D eigenvalue weighted by Gasteiger charge is -2.37. The van der Waals surface area contributed by atoms with Crippen LogP contribution in [0.4, 0.5) is 13.2 Å². The molecule has 0 aliphatic heterocycles. The summed E-state index contributed by atoms with van der Waals surface area (Å²) < 4.78 is 42.9. The third-order valence-electron chi connectivity index (χ3n) is 4.04. The average molecular weight is 386 g/mol. The highest BCUT2D eigenvalue weighted by Gasteiger charge is 2.42. The molecule has 7 heteroatoms. The van der Waals surface area contributed by atoms with E-state index in [4.69, 9.17) is 4.65 Å². The van der Waals surface area contributed by atoms with Crippen molar-refractivity contribution in [2.24, 2.45) is 0 Å². The Morgan fingerprint density at radius 1 is 0.704 bits per heavy atom. The Kier molecular flexibility index (Phi) is 5.66. The van der Waals surface area contributed by atoms with Gasteiger partial charge in [-0.1, -0.05) is 61.7 Å². The Morgan fingerprint density at radius 3 is 1.33 bits per heavy atom. The zero-order valence-electron chi connectivity index (χ0n) is 14.1. The first-order valence-corrected chi connectivity index (χ1v) is 9.98. The number of alkyl halides is 3. The molecule has 0 atom stereocenters. The highest BCUT2D eigenvalue weighted by Crippen LogP contribution is 2.53. The summed E-state index contributed by atoms with van der Waals surface area (Å²) >= 11 is 0. The topological polar surface area (TPSA) is 26.3 Å². The van der Waals surface area contributed by atoms with E-state index in [1.54, 1.807) is 0 Å². The number of carbonyl (C=O) groups excluding carboxylic acids is 1. The van der Waals surface area contributed by atoms with Crippen LogP contribution < -0.4 is 15.9 Å². The largest absolute Gasteiger partial charge is 0.690 e. The van der Waals surface area contributed by atoms with E-state index in [1.807, 2.05) is 91.0 Å². The van der Waals surface area contributed by atoms with Gasteiger partial charge in [-0.2, -0.15) is 13.2 Å². The van der Waals surface area contributed by atoms with Crippen LogP contribution in [0.3, 0.4) is 0 Å². The molecule has 2 nitrogen and oxygen atoms in total. The molecule has 0 saturated heterocycles. The van der Waals surface area contributed by atoms with Crippen molar-refractivity contribution in [1.29, 1.82) is 0 Å². The Bertz CT molecular complexity index is 791. The van der Waals surface area contributed by atoms with Gasteiger partial charge in [0.1, 0.15) is 0 Å². The minimum Gasteiger partial charge on any atom is -0.690 e. The SMILES string of the molecule is O=C(O[B-][P+](c1ccccc1)(c1ccccc1)c1ccccc1)C(F)(F)F. The zero-order valence-corrected chi connectivity index (χ0v) is 15.0. The van der Waals surface area contributed by atoms with Gasteiger partial charge in [0.2, 0.25) is 0 Å². The highest BCUT2D eigenvalue weighted by atomic mass is 31.2. The first kappa shape index (κ1) is 19.2. The molecule has 0 aromatic heterocycles. The van der Waals surface area contributed by atoms with Crippen molar-refractivity contribution in [2.75, 3.05) is 0 Å². The molecule has 0 heterocycles. The molecule has 0 bridgehead atoms. The van der Waals surface area contributed by atoms with Crippen LogP contribution in [0.2, 0.25) is 0 Å². The molecule has 0 spiro atoms. The maximum absolute atomic E-state index is 12.7. The molecule has 3 aromatic carbocycles. The summed E-state index contributed by atoms with van der Waals surface area (Å²) in [5.74, 6) is -2.23. The van der Waals surface area contributed by atoms with Crippen LogP contribution in [-0.4, -0.2) is 19.3 Å². The van der Waals surface area contributed by atoms with Gasteiger partial charge in [0.25, 0.3) is 0 Å². The first-order valence-electron chi connectivity index (χ1n) is 8.12. The predicted molar refractivity (Wildman–Crippen MR) is 103 cm³/mol. The monoisotopic (exact) mass is 386 g/mol. The van der Waals surface area contributed by atoms with E-state index in [-0.39, 0.29) is 0 Å². The molecule has 27 heavy (non-hydrogen) atoms. The Balaban J connectivity index is 2.18. The van der Waals surface area contributed by atoms with Crippen LogP contribution in [-0.2, 0) is 9.45 Å². The van der Waals surface area contributed by atoms with Crippen molar-refractivity contribution < 1.29 is 22.6 Å². The molecule has 0 N–H and O–H groups in total. The molecule has 2 radical (unpaired) electrons. The lowest BCUT2D eigenvalue weighted by atomic mass is 10.3. The lowest BCUT2D eigenvalue weighted by Crippen LogP contribution is -2.38. The van der Waals surface area contributed by atoms with Crippen LogP contribution >= 0.6 is 7.14 Å². The number of rotatable bonds is 5. The zero-order chi connectivity index (χ0) is 19.3. The van der Waals surface area contributed by atoms with E-state index < -0.39 is 19.3 Å². The summed E-state index contributed by atoms with van der Waals surface area (Å²) in [4.78, 5) is 11.4. The van der Waals surface area contributed by atoms with E-state index in [0.29, 0.717) is 0 Å². The van der Waals surface area contributed by atoms with Gasteiger partial charge >= 0.3 is 12.1 Å². The molecule has 0 aliphatic carbocycles. The second-order valence-corrected chi connectivity index (χ2v) is 8.94. The Labute approximate surface area is 156 Å². The smallest absolute Gasteiger partial charge is 0.486 e. The third kappa shape index (κ3) is 4.06. The van der Waals surface area contributed by atoms with Gasteiger partial charge in [-0.3, -0.25) is 0 Å². The van der Waals surface area contributed by atoms with Gasteiger partial charge < -0.3 is 4.65 Å². The average Bonchev–Trinajstić information content (AvgIpc) is 2.70. The summed E-state index contributed by atoms with van der Waals surface area (Å²) in [6.45, 7) is 0. The Hall–Kier alpha value is -2.59. The predicted octanol–water partition coefficient (Wildman–Crippen LogP) is 3.62. The normalized spacial score (nSPS) is 11.8. The summed E-state index contributed by atoms with van der Waals surface area (Å²) in [5, 5.41) is 2.37. The van der Waals surface area contributed by atoms with Crippen molar-refractivity contribution in [1.82, 2.24) is 0 Å². The second-order valence-electron chi connectivity index (χ2n) is 5.74. The molecule has 0 unspecified atom stereocenters. The van der Waals surface area contributed by atoms with Crippen LogP contribution in [0.1, 0.15) is 0 Å². The molecule has 0 amide bonds. The number of hydrogen-bond acceptors (Lipinski definition) is 2. The minimum atomic E-state index is -5.06. The number of hydrogen-bond donors (Lipinski definition) is 0. The van der Waals surface area contributed by atoms with Gasteiger partial charge in [0.05, 0.1) is 15.9 Å². The summed E-state index contributed by atoms with van der Waals surface area (Å²) in [6, 6.07) is 27.4. The second kappa shape index (κ2) is 7.97. The van der Waals surface area contributed by atoms with Crippen LogP contribution in [0.25, 0.3) is 0 Å². The fraction of sp³-hybridized carbons (Fsp3) is 0.0500. The molecule has 0 saturated carbocycles. The van der Waals surface area contributed by atoms with E-state index in [2.05, 4.69) is 0 Å². The molecule has 3 aromatic rings. The summed E-state index contributed by atoms with van der Waals surface area (Å²) in [7, 11) is -1.66. The van der Waals surface area contributed by atoms with Gasteiger partial charge in [-0.15, -0.1) is 0 Å². The molecule has 3 rings (SSSR count). The van der Waals surface area contributed by atoms with Crippen molar-refractivity contribution in [3.63, 3.8) is 0 Å². The quantitative estimate of drug-likeness (QED) is 0.495. The van der Waals surface area contributed by atoms with E-state index in [9.17, 15) is 18.0 Å². The number of benzene rings is 3. The van der Waals surface area contributed by atoms with E-state index >= 15 is 0 Å². The number of carbonyl (C=O) groups is 1. The summed E-state index contributed by atoms with van der Waals surface area (Å²) in [6.07, 6.45) is -5.06. The fourth-order valence-corrected chi connectivity index (χ4v) is 6.25. The van der Waals surface area contributed by atoms with Crippen molar-refractivity contribution in [2.45, 2.75) is 6.18 Å². The van der Waals surface area contributed by atoms with Crippen LogP contribution in [0, 0.1) is 0 Å². The van der Waals surface area contributed by atoms with Gasteiger partial charge in [-0.25, -0.2) is 4.79 Å². The maximum Gasteiger partial charge on any atom is 0.486 e. The van der Waals surface area contributed by atoms with E-state index in [0.717, 1.165) is 23.1 Å². The van der Waals surface area contributed by atoms with Crippen LogP contribution in [0.5, 0.6) is 0 Å². The van der Waals surface area contributed by atoms with Crippen LogP contribution in [0.15, 0.2) is 91.0 Å². The van der Waals surface area contributed by atoms with Crippen molar-refractivity contribution >= 4 is 36.2 Å². The molecular formula is C20H15BF3O2P. The van der Waals surface area contributed by atoms with Crippen molar-refractivity contribution in [3.8, 4) is 0 Å². The van der Waals surface area contributed by atoms with E-state index in [1.165, 1.54) is 0 Å². The molecule has 0 aliphatic rings.